The van der Waals surface area contributed by atoms with Crippen LogP contribution in [0.25, 0.3) is 11.1 Å². The SMILES string of the molecule is Cc1c(O)ccc(O)c1P1(=O)Oc2ccccc2-c2ccccc21. The molecule has 0 bridgehead atoms. The molecule has 120 valence electrons. The lowest BCUT2D eigenvalue weighted by molar-refractivity contribution is 0.456. The van der Waals surface area contributed by atoms with Crippen LogP contribution in [0.5, 0.6) is 17.2 Å². The molecule has 1 atom stereocenters. The Labute approximate surface area is 139 Å². The molecule has 0 saturated carbocycles. The second kappa shape index (κ2) is 5.15. The fourth-order valence-electron chi connectivity index (χ4n) is 3.13. The fourth-order valence-corrected chi connectivity index (χ4v) is 5.72. The maximum atomic E-state index is 13.9. The number of phenolic OH excluding ortho intramolecular Hbond substituents is 2. The molecule has 0 aliphatic carbocycles. The zero-order valence-electron chi connectivity index (χ0n) is 12.9. The molecule has 3 aromatic carbocycles. The van der Waals surface area contributed by atoms with E-state index in [9.17, 15) is 14.8 Å². The van der Waals surface area contributed by atoms with Crippen molar-refractivity contribution in [1.82, 2.24) is 0 Å². The first-order valence-corrected chi connectivity index (χ1v) is 9.15. The first-order chi connectivity index (χ1) is 11.5. The lowest BCUT2D eigenvalue weighted by atomic mass is 10.0. The summed E-state index contributed by atoms with van der Waals surface area (Å²) in [6.07, 6.45) is 0. The van der Waals surface area contributed by atoms with Gasteiger partial charge in [0.15, 0.2) is 0 Å². The van der Waals surface area contributed by atoms with Gasteiger partial charge in [0.2, 0.25) is 0 Å². The Morgan fingerprint density at radius 2 is 1.46 bits per heavy atom. The summed E-state index contributed by atoms with van der Waals surface area (Å²) in [6.45, 7) is 1.62. The first kappa shape index (κ1) is 14.9. The van der Waals surface area contributed by atoms with E-state index in [1.807, 2.05) is 30.3 Å². The van der Waals surface area contributed by atoms with E-state index < -0.39 is 7.37 Å². The molecule has 0 amide bonds. The van der Waals surface area contributed by atoms with Gasteiger partial charge in [-0.1, -0.05) is 36.4 Å². The van der Waals surface area contributed by atoms with Crippen LogP contribution in [0.1, 0.15) is 5.56 Å². The molecule has 4 nitrogen and oxygen atoms in total. The summed E-state index contributed by atoms with van der Waals surface area (Å²) in [5, 5.41) is 21.0. The Morgan fingerprint density at radius 1 is 0.833 bits per heavy atom. The predicted octanol–water partition coefficient (Wildman–Crippen LogP) is 3.69. The maximum Gasteiger partial charge on any atom is 0.311 e. The van der Waals surface area contributed by atoms with Crippen LogP contribution < -0.4 is 15.1 Å². The minimum atomic E-state index is -3.60. The van der Waals surface area contributed by atoms with Gasteiger partial charge in [0.1, 0.15) is 22.6 Å². The number of rotatable bonds is 1. The van der Waals surface area contributed by atoms with E-state index in [0.717, 1.165) is 11.1 Å². The van der Waals surface area contributed by atoms with E-state index in [1.165, 1.54) is 12.1 Å². The number of para-hydroxylation sites is 1. The molecule has 0 radical (unpaired) electrons. The van der Waals surface area contributed by atoms with Crippen molar-refractivity contribution in [1.29, 1.82) is 0 Å². The van der Waals surface area contributed by atoms with Crippen LogP contribution in [-0.4, -0.2) is 10.2 Å². The number of hydrogen-bond donors (Lipinski definition) is 2. The summed E-state index contributed by atoms with van der Waals surface area (Å²) in [7, 11) is -3.60. The maximum absolute atomic E-state index is 13.9. The first-order valence-electron chi connectivity index (χ1n) is 7.53. The lowest BCUT2D eigenvalue weighted by Gasteiger charge is -2.30. The third kappa shape index (κ3) is 1.97. The number of fused-ring (bicyclic) bond motifs is 3. The monoisotopic (exact) mass is 338 g/mol. The van der Waals surface area contributed by atoms with Crippen molar-refractivity contribution in [2.24, 2.45) is 0 Å². The molecule has 0 saturated heterocycles. The van der Waals surface area contributed by atoms with E-state index in [1.54, 1.807) is 25.1 Å². The molecule has 3 aromatic rings. The molecule has 2 N–H and O–H groups in total. The molecular formula is C19H15O4P. The van der Waals surface area contributed by atoms with Gasteiger partial charge < -0.3 is 14.7 Å². The van der Waals surface area contributed by atoms with E-state index >= 15 is 0 Å². The van der Waals surface area contributed by atoms with Crippen molar-refractivity contribution < 1.29 is 19.3 Å². The van der Waals surface area contributed by atoms with E-state index in [2.05, 4.69) is 0 Å². The molecule has 1 aliphatic heterocycles. The summed E-state index contributed by atoms with van der Waals surface area (Å²) >= 11 is 0. The number of aromatic hydroxyl groups is 2. The van der Waals surface area contributed by atoms with Gasteiger partial charge in [-0.05, 0) is 36.8 Å². The summed E-state index contributed by atoms with van der Waals surface area (Å²) in [4.78, 5) is 0. The minimum Gasteiger partial charge on any atom is -0.508 e. The van der Waals surface area contributed by atoms with Gasteiger partial charge in [0.05, 0.1) is 5.30 Å². The molecule has 1 aliphatic rings. The Morgan fingerprint density at radius 3 is 2.25 bits per heavy atom. The van der Waals surface area contributed by atoms with Gasteiger partial charge in [-0.2, -0.15) is 0 Å². The highest BCUT2D eigenvalue weighted by atomic mass is 31.2. The Kier molecular flexibility index (Phi) is 3.19. The van der Waals surface area contributed by atoms with Crippen molar-refractivity contribution in [2.45, 2.75) is 6.92 Å². The van der Waals surface area contributed by atoms with Crippen LogP contribution in [0, 0.1) is 6.92 Å². The van der Waals surface area contributed by atoms with Gasteiger partial charge in [-0.15, -0.1) is 0 Å². The van der Waals surface area contributed by atoms with Crippen LogP contribution >= 0.6 is 7.37 Å². The quantitative estimate of drug-likeness (QED) is 0.524. The molecule has 24 heavy (non-hydrogen) atoms. The van der Waals surface area contributed by atoms with Gasteiger partial charge in [-0.25, -0.2) is 0 Å². The van der Waals surface area contributed by atoms with Crippen LogP contribution in [0.4, 0.5) is 0 Å². The Hall–Kier alpha value is -2.71. The average molecular weight is 338 g/mol. The van der Waals surface area contributed by atoms with Gasteiger partial charge >= 0.3 is 7.37 Å². The van der Waals surface area contributed by atoms with E-state index in [-0.39, 0.29) is 16.8 Å². The van der Waals surface area contributed by atoms with E-state index in [4.69, 9.17) is 4.52 Å². The third-order valence-corrected chi connectivity index (χ3v) is 6.93. The Balaban J connectivity index is 2.08. The largest absolute Gasteiger partial charge is 0.508 e. The summed E-state index contributed by atoms with van der Waals surface area (Å²) < 4.78 is 19.9. The number of benzene rings is 3. The lowest BCUT2D eigenvalue weighted by Crippen LogP contribution is -2.27. The van der Waals surface area contributed by atoms with Crippen molar-refractivity contribution in [3.8, 4) is 28.4 Å². The van der Waals surface area contributed by atoms with Gasteiger partial charge in [0, 0.05) is 11.1 Å². The minimum absolute atomic E-state index is 0.0297. The van der Waals surface area contributed by atoms with Crippen molar-refractivity contribution in [3.63, 3.8) is 0 Å². The number of phenols is 2. The number of hydrogen-bond acceptors (Lipinski definition) is 4. The standard InChI is InChI=1S/C19H15O4P/c1-12-15(20)10-11-16(21)19(12)24(22)18-9-5-3-7-14(18)13-6-2-4-8-17(13)23-24/h2-11,20-21H,1H3. The summed E-state index contributed by atoms with van der Waals surface area (Å²) in [5.41, 5.74) is 2.02. The summed E-state index contributed by atoms with van der Waals surface area (Å²) in [5.74, 6) is 0.322. The molecule has 0 spiro atoms. The van der Waals surface area contributed by atoms with Crippen LogP contribution in [-0.2, 0) is 4.57 Å². The van der Waals surface area contributed by atoms with Crippen LogP contribution in [0.2, 0.25) is 0 Å². The normalized spacial score (nSPS) is 18.4. The smallest absolute Gasteiger partial charge is 0.311 e. The Bertz CT molecular complexity index is 1010. The third-order valence-electron chi connectivity index (χ3n) is 4.30. The molecule has 0 fully saturated rings. The van der Waals surface area contributed by atoms with Gasteiger partial charge in [-0.3, -0.25) is 4.57 Å². The highest BCUT2D eigenvalue weighted by Gasteiger charge is 2.41. The average Bonchev–Trinajstić information content (AvgIpc) is 2.59. The van der Waals surface area contributed by atoms with Gasteiger partial charge in [0.25, 0.3) is 0 Å². The second-order valence-electron chi connectivity index (χ2n) is 5.73. The predicted molar refractivity (Wildman–Crippen MR) is 93.9 cm³/mol. The zero-order chi connectivity index (χ0) is 16.9. The topological polar surface area (TPSA) is 66.8 Å². The molecule has 0 aromatic heterocycles. The van der Waals surface area contributed by atoms with Crippen molar-refractivity contribution in [2.75, 3.05) is 0 Å². The zero-order valence-corrected chi connectivity index (χ0v) is 13.8. The van der Waals surface area contributed by atoms with E-state index in [0.29, 0.717) is 16.6 Å². The fraction of sp³-hybridized carbons (Fsp3) is 0.0526. The molecular weight excluding hydrogens is 323 g/mol. The second-order valence-corrected chi connectivity index (χ2v) is 7.95. The highest BCUT2D eigenvalue weighted by molar-refractivity contribution is 7.75. The van der Waals surface area contributed by atoms with Crippen LogP contribution in [0.15, 0.2) is 60.7 Å². The molecule has 5 heteroatoms. The van der Waals surface area contributed by atoms with Crippen molar-refractivity contribution >= 4 is 18.0 Å². The van der Waals surface area contributed by atoms with Crippen molar-refractivity contribution in [3.05, 3.63) is 66.2 Å². The highest BCUT2D eigenvalue weighted by Crippen LogP contribution is 2.56. The summed E-state index contributed by atoms with van der Waals surface area (Å²) in [6, 6.07) is 17.4. The van der Waals surface area contributed by atoms with Crippen LogP contribution in [0.3, 0.4) is 0 Å². The molecule has 1 unspecified atom stereocenters. The molecule has 4 rings (SSSR count). The molecule has 1 heterocycles.